The van der Waals surface area contributed by atoms with E-state index in [2.05, 4.69) is 19.2 Å². The van der Waals surface area contributed by atoms with Crippen LogP contribution in [0.5, 0.6) is 11.5 Å². The van der Waals surface area contributed by atoms with Gasteiger partial charge in [0, 0.05) is 18.7 Å². The van der Waals surface area contributed by atoms with Crippen molar-refractivity contribution >= 4 is 5.91 Å². The first-order chi connectivity index (χ1) is 11.0. The van der Waals surface area contributed by atoms with Gasteiger partial charge in [-0.1, -0.05) is 13.8 Å². The molecule has 0 unspecified atom stereocenters. The Morgan fingerprint density at radius 1 is 1.39 bits per heavy atom. The lowest BCUT2D eigenvalue weighted by atomic mass is 10.1. The molecule has 1 fully saturated rings. The van der Waals surface area contributed by atoms with Gasteiger partial charge in [-0.3, -0.25) is 4.79 Å². The average Bonchev–Trinajstić information content (AvgIpc) is 3.01. The molecule has 128 valence electrons. The summed E-state index contributed by atoms with van der Waals surface area (Å²) in [6.07, 6.45) is 1.05. The van der Waals surface area contributed by atoms with E-state index in [4.69, 9.17) is 9.47 Å². The number of methoxy groups -OCH3 is 1. The van der Waals surface area contributed by atoms with Gasteiger partial charge < -0.3 is 19.7 Å². The van der Waals surface area contributed by atoms with Crippen molar-refractivity contribution in [1.29, 1.82) is 0 Å². The van der Waals surface area contributed by atoms with E-state index in [1.54, 1.807) is 13.2 Å². The van der Waals surface area contributed by atoms with Crippen molar-refractivity contribution in [2.24, 2.45) is 11.8 Å². The smallest absolute Gasteiger partial charge is 0.254 e. The van der Waals surface area contributed by atoms with Gasteiger partial charge in [0.1, 0.15) is 0 Å². The fourth-order valence-electron chi connectivity index (χ4n) is 2.83. The van der Waals surface area contributed by atoms with Crippen LogP contribution < -0.4 is 14.8 Å². The molecule has 0 bridgehead atoms. The number of carbonyl (C=O) groups excluding carboxylic acids is 1. The van der Waals surface area contributed by atoms with E-state index < -0.39 is 0 Å². The number of benzene rings is 1. The van der Waals surface area contributed by atoms with Crippen LogP contribution in [0.3, 0.4) is 0 Å². The maximum atomic E-state index is 12.7. The molecule has 1 heterocycles. The second-order valence-corrected chi connectivity index (χ2v) is 6.53. The van der Waals surface area contributed by atoms with Gasteiger partial charge in [0.05, 0.1) is 13.7 Å². The number of hydrogen-bond donors (Lipinski definition) is 1. The van der Waals surface area contributed by atoms with E-state index in [-0.39, 0.29) is 5.91 Å². The molecule has 0 aliphatic carbocycles. The maximum absolute atomic E-state index is 12.7. The average molecular weight is 320 g/mol. The predicted octanol–water partition coefficient (Wildman–Crippen LogP) is 2.41. The quantitative estimate of drug-likeness (QED) is 0.838. The summed E-state index contributed by atoms with van der Waals surface area (Å²) in [7, 11) is 3.55. The molecule has 1 aliphatic rings. The number of rotatable bonds is 7. The van der Waals surface area contributed by atoms with Crippen molar-refractivity contribution in [3.8, 4) is 11.5 Å². The highest BCUT2D eigenvalue weighted by atomic mass is 16.5. The van der Waals surface area contributed by atoms with Gasteiger partial charge >= 0.3 is 0 Å². The summed E-state index contributed by atoms with van der Waals surface area (Å²) in [4.78, 5) is 14.6. The second-order valence-electron chi connectivity index (χ2n) is 6.53. The molecular weight excluding hydrogens is 292 g/mol. The largest absolute Gasteiger partial charge is 0.493 e. The summed E-state index contributed by atoms with van der Waals surface area (Å²) in [5.74, 6) is 2.35. The molecule has 5 heteroatoms. The third-order valence-electron chi connectivity index (χ3n) is 4.05. The van der Waals surface area contributed by atoms with Crippen molar-refractivity contribution < 1.29 is 14.3 Å². The van der Waals surface area contributed by atoms with Crippen LogP contribution in [0.2, 0.25) is 0 Å². The van der Waals surface area contributed by atoms with E-state index in [9.17, 15) is 4.79 Å². The first kappa shape index (κ1) is 17.6. The Kier molecular flexibility index (Phi) is 6.28. The Morgan fingerprint density at radius 2 is 2.17 bits per heavy atom. The van der Waals surface area contributed by atoms with Crippen LogP contribution >= 0.6 is 0 Å². The van der Waals surface area contributed by atoms with Crippen molar-refractivity contribution in [2.45, 2.75) is 20.3 Å². The van der Waals surface area contributed by atoms with Crippen LogP contribution in [0.25, 0.3) is 0 Å². The number of carbonyl (C=O) groups is 1. The molecule has 1 atom stereocenters. The third kappa shape index (κ3) is 4.61. The highest BCUT2D eigenvalue weighted by Gasteiger charge is 2.27. The summed E-state index contributed by atoms with van der Waals surface area (Å²) in [6.45, 7) is 7.40. The number of nitrogens with zero attached hydrogens (tertiary/aromatic N) is 1. The highest BCUT2D eigenvalue weighted by molar-refractivity contribution is 5.95. The Labute approximate surface area is 139 Å². The Hall–Kier alpha value is -1.75. The standard InChI is InChI=1S/C18H28N2O3/c1-13(2)12-23-16-6-5-15(9-17(16)22-4)18(21)20-8-7-14(11-20)10-19-3/h5-6,9,13-14,19H,7-8,10-12H2,1-4H3/t14-/m0/s1. The highest BCUT2D eigenvalue weighted by Crippen LogP contribution is 2.29. The molecular formula is C18H28N2O3. The van der Waals surface area contributed by atoms with E-state index in [1.807, 2.05) is 24.1 Å². The molecule has 5 nitrogen and oxygen atoms in total. The number of likely N-dealkylation sites (tertiary alicyclic amines) is 1. The summed E-state index contributed by atoms with van der Waals surface area (Å²) >= 11 is 0. The van der Waals surface area contributed by atoms with Gasteiger partial charge in [-0.15, -0.1) is 0 Å². The van der Waals surface area contributed by atoms with E-state index in [0.29, 0.717) is 35.5 Å². The molecule has 1 aromatic rings. The summed E-state index contributed by atoms with van der Waals surface area (Å²) in [6, 6.07) is 5.44. The molecule has 1 aromatic carbocycles. The monoisotopic (exact) mass is 320 g/mol. The van der Waals surface area contributed by atoms with Gasteiger partial charge in [0.2, 0.25) is 0 Å². The lowest BCUT2D eigenvalue weighted by molar-refractivity contribution is 0.0786. The molecule has 1 aliphatic heterocycles. The molecule has 0 radical (unpaired) electrons. The predicted molar refractivity (Wildman–Crippen MR) is 91.3 cm³/mol. The zero-order valence-corrected chi connectivity index (χ0v) is 14.6. The van der Waals surface area contributed by atoms with Gasteiger partial charge in [-0.2, -0.15) is 0 Å². The molecule has 2 rings (SSSR count). The summed E-state index contributed by atoms with van der Waals surface area (Å²) in [5, 5.41) is 3.18. The number of hydrogen-bond acceptors (Lipinski definition) is 4. The van der Waals surface area contributed by atoms with E-state index in [1.165, 1.54) is 0 Å². The number of amides is 1. The zero-order chi connectivity index (χ0) is 16.8. The second kappa shape index (κ2) is 8.20. The van der Waals surface area contributed by atoms with Crippen LogP contribution in [-0.4, -0.2) is 51.2 Å². The van der Waals surface area contributed by atoms with Crippen molar-refractivity contribution in [2.75, 3.05) is 40.4 Å². The zero-order valence-electron chi connectivity index (χ0n) is 14.6. The minimum absolute atomic E-state index is 0.0670. The van der Waals surface area contributed by atoms with Crippen LogP contribution in [0.4, 0.5) is 0 Å². The molecule has 0 spiro atoms. The Balaban J connectivity index is 2.06. The number of ether oxygens (including phenoxy) is 2. The maximum Gasteiger partial charge on any atom is 0.254 e. The molecule has 1 saturated heterocycles. The SMILES string of the molecule is CNC[C@@H]1CCN(C(=O)c2ccc(OCC(C)C)c(OC)c2)C1. The first-order valence-electron chi connectivity index (χ1n) is 8.29. The van der Waals surface area contributed by atoms with E-state index >= 15 is 0 Å². The van der Waals surface area contributed by atoms with E-state index in [0.717, 1.165) is 26.1 Å². The summed E-state index contributed by atoms with van der Waals surface area (Å²) < 4.78 is 11.1. The summed E-state index contributed by atoms with van der Waals surface area (Å²) in [5.41, 5.74) is 0.656. The van der Waals surface area contributed by atoms with Crippen molar-refractivity contribution in [1.82, 2.24) is 10.2 Å². The van der Waals surface area contributed by atoms with Gasteiger partial charge in [-0.25, -0.2) is 0 Å². The van der Waals surface area contributed by atoms with Crippen LogP contribution in [0.1, 0.15) is 30.6 Å². The third-order valence-corrected chi connectivity index (χ3v) is 4.05. The molecule has 0 saturated carbocycles. The first-order valence-corrected chi connectivity index (χ1v) is 8.29. The fraction of sp³-hybridized carbons (Fsp3) is 0.611. The van der Waals surface area contributed by atoms with Crippen molar-refractivity contribution in [3.05, 3.63) is 23.8 Å². The minimum Gasteiger partial charge on any atom is -0.493 e. The molecule has 23 heavy (non-hydrogen) atoms. The molecule has 0 aromatic heterocycles. The molecule has 1 N–H and O–H groups in total. The lowest BCUT2D eigenvalue weighted by Gasteiger charge is -2.18. The van der Waals surface area contributed by atoms with Crippen molar-refractivity contribution in [3.63, 3.8) is 0 Å². The van der Waals surface area contributed by atoms with Gasteiger partial charge in [-0.05, 0) is 50.0 Å². The van der Waals surface area contributed by atoms with Crippen LogP contribution in [-0.2, 0) is 0 Å². The fourth-order valence-corrected chi connectivity index (χ4v) is 2.83. The lowest BCUT2D eigenvalue weighted by Crippen LogP contribution is -2.30. The minimum atomic E-state index is 0.0670. The van der Waals surface area contributed by atoms with Gasteiger partial charge in [0.15, 0.2) is 11.5 Å². The van der Waals surface area contributed by atoms with Crippen LogP contribution in [0, 0.1) is 11.8 Å². The Bertz CT molecular complexity index is 531. The van der Waals surface area contributed by atoms with Gasteiger partial charge in [0.25, 0.3) is 5.91 Å². The topological polar surface area (TPSA) is 50.8 Å². The number of nitrogens with one attached hydrogen (secondary N) is 1. The molecule has 1 amide bonds. The van der Waals surface area contributed by atoms with Crippen LogP contribution in [0.15, 0.2) is 18.2 Å². The Morgan fingerprint density at radius 3 is 2.83 bits per heavy atom. The normalized spacial score (nSPS) is 17.6.